The Morgan fingerprint density at radius 3 is 2.66 bits per heavy atom. The molecule has 3 aromatic rings. The van der Waals surface area contributed by atoms with Crippen LogP contribution in [0.2, 0.25) is 5.02 Å². The number of thioether (sulfide) groups is 1. The molecule has 2 amide bonds. The maximum absolute atomic E-state index is 12.5. The van der Waals surface area contributed by atoms with E-state index in [-0.39, 0.29) is 10.6 Å². The molecule has 2 aliphatic rings. The Morgan fingerprint density at radius 2 is 1.92 bits per heavy atom. The molecule has 0 atom stereocenters. The Kier molecular flexibility index (Phi) is 9.01. The minimum absolute atomic E-state index is 0.199. The number of carboxylic acids is 1. The molecule has 0 fully saturated rings. The summed E-state index contributed by atoms with van der Waals surface area (Å²) in [5.74, 6) is -1.58. The van der Waals surface area contributed by atoms with Gasteiger partial charge >= 0.3 is 5.97 Å². The molecule has 0 aliphatic carbocycles. The molecule has 1 aromatic heterocycles. The van der Waals surface area contributed by atoms with E-state index in [4.69, 9.17) is 11.6 Å². The first-order valence-electron chi connectivity index (χ1n) is 11.8. The number of fused-ring (bicyclic) bond motifs is 2. The van der Waals surface area contributed by atoms with E-state index < -0.39 is 23.5 Å². The quantitative estimate of drug-likeness (QED) is 0.232. The predicted octanol–water partition coefficient (Wildman–Crippen LogP) is 3.76. The second-order valence-corrected chi connectivity index (χ2v) is 10.0. The largest absolute Gasteiger partial charge is 0.477 e. The van der Waals surface area contributed by atoms with E-state index >= 15 is 0 Å². The van der Waals surface area contributed by atoms with Crippen molar-refractivity contribution < 1.29 is 24.3 Å². The summed E-state index contributed by atoms with van der Waals surface area (Å²) in [6.07, 6.45) is 7.04. The molecule has 0 bridgehead atoms. The molecule has 0 saturated carbocycles. The number of carbonyl (C=O) groups is 4. The molecule has 196 valence electrons. The number of carbonyl (C=O) groups excluding carboxylic acids is 3. The lowest BCUT2D eigenvalue weighted by molar-refractivity contribution is -0.133. The van der Waals surface area contributed by atoms with E-state index in [1.807, 2.05) is 30.5 Å². The van der Waals surface area contributed by atoms with Crippen LogP contribution in [-0.4, -0.2) is 46.5 Å². The molecule has 2 aromatic carbocycles. The normalized spacial score (nSPS) is 14.6. The van der Waals surface area contributed by atoms with E-state index in [0.29, 0.717) is 17.0 Å². The third-order valence-electron chi connectivity index (χ3n) is 5.89. The third-order valence-corrected chi connectivity index (χ3v) is 7.31. The van der Waals surface area contributed by atoms with Crippen molar-refractivity contribution >= 4 is 58.3 Å². The number of carboxylic acid groups (broad SMARTS) is 1. The first kappa shape index (κ1) is 27.2. The highest BCUT2D eigenvalue weighted by atomic mass is 35.5. The van der Waals surface area contributed by atoms with Gasteiger partial charge in [0.2, 0.25) is 0 Å². The first-order chi connectivity index (χ1) is 18.4. The van der Waals surface area contributed by atoms with Crippen LogP contribution in [0.1, 0.15) is 38.3 Å². The fourth-order valence-corrected chi connectivity index (χ4v) is 5.09. The zero-order valence-electron chi connectivity index (χ0n) is 20.2. The minimum Gasteiger partial charge on any atom is -0.477 e. The van der Waals surface area contributed by atoms with Gasteiger partial charge in [-0.2, -0.15) is 0 Å². The van der Waals surface area contributed by atoms with Crippen molar-refractivity contribution in [3.8, 4) is 0 Å². The van der Waals surface area contributed by atoms with Crippen LogP contribution in [0.15, 0.2) is 65.5 Å². The van der Waals surface area contributed by atoms with Crippen molar-refractivity contribution in [1.29, 1.82) is 0 Å². The maximum atomic E-state index is 12.5. The molecular formula is C27H25ClN4O5S. The summed E-state index contributed by atoms with van der Waals surface area (Å²) in [6, 6.07) is 10.9. The summed E-state index contributed by atoms with van der Waals surface area (Å²) in [4.78, 5) is 49.8. The van der Waals surface area contributed by atoms with Crippen molar-refractivity contribution in [2.45, 2.75) is 19.4 Å². The summed E-state index contributed by atoms with van der Waals surface area (Å²) in [7, 11) is 0. The second-order valence-electron chi connectivity index (χ2n) is 8.47. The van der Waals surface area contributed by atoms with Gasteiger partial charge in [-0.3, -0.25) is 14.4 Å². The molecule has 11 heteroatoms. The van der Waals surface area contributed by atoms with E-state index in [2.05, 4.69) is 20.9 Å². The van der Waals surface area contributed by atoms with Gasteiger partial charge in [0, 0.05) is 35.8 Å². The van der Waals surface area contributed by atoms with Gasteiger partial charge in [0.15, 0.2) is 0 Å². The number of aromatic amines is 1. The predicted molar refractivity (Wildman–Crippen MR) is 147 cm³/mol. The lowest BCUT2D eigenvalue weighted by Crippen LogP contribution is -2.31. The zero-order valence-corrected chi connectivity index (χ0v) is 21.7. The summed E-state index contributed by atoms with van der Waals surface area (Å²) in [5.41, 5.74) is 3.50. The van der Waals surface area contributed by atoms with Crippen molar-refractivity contribution in [2.24, 2.45) is 0 Å². The van der Waals surface area contributed by atoms with Gasteiger partial charge in [0.25, 0.3) is 11.8 Å². The van der Waals surface area contributed by atoms with Gasteiger partial charge in [0.1, 0.15) is 12.0 Å². The Morgan fingerprint density at radius 1 is 1.08 bits per heavy atom. The number of hydrogen-bond donors (Lipinski definition) is 5. The monoisotopic (exact) mass is 552 g/mol. The average molecular weight is 553 g/mol. The fraction of sp³-hybridized carbons (Fsp3) is 0.185. The van der Waals surface area contributed by atoms with Gasteiger partial charge in [-0.1, -0.05) is 29.8 Å². The molecule has 0 spiro atoms. The number of H-pyrrole nitrogens is 1. The first-order valence-corrected chi connectivity index (χ1v) is 13.1. The van der Waals surface area contributed by atoms with Crippen LogP contribution in [0.5, 0.6) is 0 Å². The van der Waals surface area contributed by atoms with Crippen LogP contribution < -0.4 is 16.0 Å². The Balaban J connectivity index is 0.000000253. The lowest BCUT2D eigenvalue weighted by atomic mass is 9.98. The number of allylic oxidation sites excluding steroid dienone is 1. The van der Waals surface area contributed by atoms with E-state index in [9.17, 15) is 24.3 Å². The second kappa shape index (κ2) is 12.6. The van der Waals surface area contributed by atoms with Crippen LogP contribution in [0, 0.1) is 0 Å². The van der Waals surface area contributed by atoms with Crippen LogP contribution in [0.25, 0.3) is 10.9 Å². The number of aldehydes is 1. The van der Waals surface area contributed by atoms with Crippen LogP contribution >= 0.6 is 23.4 Å². The fourth-order valence-electron chi connectivity index (χ4n) is 3.94. The summed E-state index contributed by atoms with van der Waals surface area (Å²) >= 11 is 7.60. The van der Waals surface area contributed by atoms with Gasteiger partial charge in [-0.25, -0.2) is 4.79 Å². The Bertz CT molecular complexity index is 1460. The SMILES string of the molecule is O=C(N/C=C(/NC(=O)c1cc2c(cc1Cl)CNCC2)C(=O)O)C1=CCCS1.O=Cc1ccc2cc[nH]c2c1. The molecule has 3 heterocycles. The number of hydrogen-bond acceptors (Lipinski definition) is 6. The molecule has 0 radical (unpaired) electrons. The van der Waals surface area contributed by atoms with Crippen LogP contribution in [0.4, 0.5) is 0 Å². The van der Waals surface area contributed by atoms with E-state index in [0.717, 1.165) is 59.7 Å². The standard InChI is InChI=1S/C18H18ClN3O4S.C9H7NO/c19-13-7-11-8-20-4-3-10(11)6-12(13)16(23)22-14(18(25)26)9-21-17(24)15-2-1-5-27-15;11-6-7-1-2-8-3-4-10-9(8)5-7/h2,6-7,9,20H,1,3-5,8H2,(H,21,24)(H,22,23)(H,25,26);1-6,10H/b14-9+;. The molecule has 9 nitrogen and oxygen atoms in total. The lowest BCUT2D eigenvalue weighted by Gasteiger charge is -2.19. The average Bonchev–Trinajstić information content (AvgIpc) is 3.62. The van der Waals surface area contributed by atoms with E-state index in [1.165, 1.54) is 11.8 Å². The number of aromatic nitrogens is 1. The summed E-state index contributed by atoms with van der Waals surface area (Å²) in [5, 5.41) is 18.6. The highest BCUT2D eigenvalue weighted by Gasteiger charge is 2.20. The highest BCUT2D eigenvalue weighted by molar-refractivity contribution is 8.04. The van der Waals surface area contributed by atoms with Crippen molar-refractivity contribution in [2.75, 3.05) is 12.3 Å². The third kappa shape index (κ3) is 6.71. The zero-order chi connectivity index (χ0) is 27.1. The maximum Gasteiger partial charge on any atom is 0.353 e. The van der Waals surface area contributed by atoms with Crippen molar-refractivity contribution in [1.82, 2.24) is 20.9 Å². The van der Waals surface area contributed by atoms with Crippen LogP contribution in [0.3, 0.4) is 0 Å². The molecule has 5 rings (SSSR count). The summed E-state index contributed by atoms with van der Waals surface area (Å²) in [6.45, 7) is 1.48. The topological polar surface area (TPSA) is 140 Å². The number of benzene rings is 2. The van der Waals surface area contributed by atoms with Gasteiger partial charge < -0.3 is 26.0 Å². The van der Waals surface area contributed by atoms with Gasteiger partial charge in [0.05, 0.1) is 15.5 Å². The van der Waals surface area contributed by atoms with Crippen LogP contribution in [-0.2, 0) is 22.6 Å². The number of nitrogens with one attached hydrogen (secondary N) is 4. The molecular weight excluding hydrogens is 528 g/mol. The van der Waals surface area contributed by atoms with Crippen molar-refractivity contribution in [3.05, 3.63) is 92.7 Å². The molecule has 0 saturated heterocycles. The van der Waals surface area contributed by atoms with Gasteiger partial charge in [-0.15, -0.1) is 11.8 Å². The molecule has 5 N–H and O–H groups in total. The molecule has 2 aliphatic heterocycles. The minimum atomic E-state index is -1.37. The smallest absolute Gasteiger partial charge is 0.353 e. The highest BCUT2D eigenvalue weighted by Crippen LogP contribution is 2.25. The number of amides is 2. The molecule has 38 heavy (non-hydrogen) atoms. The Hall–Kier alpha value is -3.86. The van der Waals surface area contributed by atoms with E-state index in [1.54, 1.807) is 18.2 Å². The Labute approximate surface area is 227 Å². The molecule has 0 unspecified atom stereocenters. The summed E-state index contributed by atoms with van der Waals surface area (Å²) < 4.78 is 0. The number of halogens is 1. The van der Waals surface area contributed by atoms with Crippen molar-refractivity contribution in [3.63, 3.8) is 0 Å². The number of rotatable bonds is 6. The number of aliphatic carboxylic acids is 1. The van der Waals surface area contributed by atoms with Gasteiger partial charge in [-0.05, 0) is 60.2 Å².